The average Bonchev–Trinajstić information content (AvgIpc) is 2.75. The number of aromatic nitrogens is 3. The molecule has 0 saturated carbocycles. The highest BCUT2D eigenvalue weighted by Gasteiger charge is 2.07. The molecule has 2 N–H and O–H groups in total. The van der Waals surface area contributed by atoms with Crippen LogP contribution >= 0.6 is 0 Å². The van der Waals surface area contributed by atoms with Gasteiger partial charge in [0.05, 0.1) is 17.6 Å². The van der Waals surface area contributed by atoms with E-state index in [-0.39, 0.29) is 18.0 Å². The number of pyridine rings is 1. The molecule has 2 aromatic heterocycles. The van der Waals surface area contributed by atoms with Crippen molar-refractivity contribution in [3.63, 3.8) is 0 Å². The zero-order valence-corrected chi connectivity index (χ0v) is 11.8. The number of carbonyl (C=O) groups excluding carboxylic acids is 1. The van der Waals surface area contributed by atoms with Crippen molar-refractivity contribution in [1.82, 2.24) is 14.8 Å². The van der Waals surface area contributed by atoms with E-state index >= 15 is 0 Å². The first-order valence-electron chi connectivity index (χ1n) is 6.46. The average molecular weight is 288 g/mol. The molecule has 0 bridgehead atoms. The van der Waals surface area contributed by atoms with Crippen LogP contribution in [0.4, 0.5) is 5.69 Å². The van der Waals surface area contributed by atoms with Crippen LogP contribution in [0.3, 0.4) is 0 Å². The van der Waals surface area contributed by atoms with Crippen LogP contribution in [0, 0.1) is 13.8 Å². The molecule has 2 heterocycles. The Kier molecular flexibility index (Phi) is 4.32. The maximum Gasteiger partial charge on any atom is 0.354 e. The molecule has 7 nitrogen and oxygen atoms in total. The van der Waals surface area contributed by atoms with Crippen LogP contribution in [0.5, 0.6) is 0 Å². The van der Waals surface area contributed by atoms with Crippen LogP contribution in [0.15, 0.2) is 24.4 Å². The third-order valence-electron chi connectivity index (χ3n) is 2.92. The molecule has 1 amide bonds. The van der Waals surface area contributed by atoms with E-state index in [1.165, 1.54) is 18.3 Å². The van der Waals surface area contributed by atoms with Gasteiger partial charge < -0.3 is 10.4 Å². The summed E-state index contributed by atoms with van der Waals surface area (Å²) in [6.07, 6.45) is 1.60. The summed E-state index contributed by atoms with van der Waals surface area (Å²) in [6.45, 7) is 4.33. The smallest absolute Gasteiger partial charge is 0.354 e. The van der Waals surface area contributed by atoms with E-state index in [1.54, 1.807) is 4.68 Å². The lowest BCUT2D eigenvalue weighted by Gasteiger charge is -2.06. The zero-order valence-electron chi connectivity index (χ0n) is 11.8. The number of nitrogens with one attached hydrogen (secondary N) is 1. The molecule has 0 aliphatic heterocycles. The highest BCUT2D eigenvalue weighted by Crippen LogP contribution is 2.08. The van der Waals surface area contributed by atoms with E-state index in [0.717, 1.165) is 11.4 Å². The Bertz CT molecular complexity index is 661. The van der Waals surface area contributed by atoms with Crippen LogP contribution < -0.4 is 5.32 Å². The van der Waals surface area contributed by atoms with Gasteiger partial charge in [-0.1, -0.05) is 0 Å². The van der Waals surface area contributed by atoms with Crippen LogP contribution in [-0.2, 0) is 11.3 Å². The Balaban J connectivity index is 1.89. The van der Waals surface area contributed by atoms with Gasteiger partial charge in [-0.05, 0) is 32.0 Å². The lowest BCUT2D eigenvalue weighted by atomic mass is 10.3. The van der Waals surface area contributed by atoms with Gasteiger partial charge in [0.1, 0.15) is 5.69 Å². The number of carbonyl (C=O) groups is 2. The molecule has 0 aliphatic rings. The number of nitrogens with zero attached hydrogens (tertiary/aromatic N) is 3. The standard InChI is InChI=1S/C14H16N4O3/c1-9-7-10(2)18(17-9)6-5-13(19)16-11-3-4-12(14(20)21)15-8-11/h3-4,7-8H,5-6H2,1-2H3,(H,16,19)(H,20,21). The Morgan fingerprint density at radius 1 is 1.33 bits per heavy atom. The number of hydrogen-bond acceptors (Lipinski definition) is 4. The van der Waals surface area contributed by atoms with Gasteiger partial charge in [-0.25, -0.2) is 9.78 Å². The van der Waals surface area contributed by atoms with Crippen molar-refractivity contribution < 1.29 is 14.7 Å². The van der Waals surface area contributed by atoms with Crippen molar-refractivity contribution in [2.75, 3.05) is 5.32 Å². The summed E-state index contributed by atoms with van der Waals surface area (Å²) in [5.74, 6) is -1.27. The number of amides is 1. The summed E-state index contributed by atoms with van der Waals surface area (Å²) < 4.78 is 1.78. The second kappa shape index (κ2) is 6.17. The Hall–Kier alpha value is -2.70. The van der Waals surface area contributed by atoms with Crippen LogP contribution in [0.2, 0.25) is 0 Å². The van der Waals surface area contributed by atoms with Gasteiger partial charge in [0, 0.05) is 18.7 Å². The first-order chi connectivity index (χ1) is 9.95. The third kappa shape index (κ3) is 3.88. The second-order valence-electron chi connectivity index (χ2n) is 4.69. The second-order valence-corrected chi connectivity index (χ2v) is 4.69. The van der Waals surface area contributed by atoms with Crippen LogP contribution in [0.1, 0.15) is 28.3 Å². The van der Waals surface area contributed by atoms with Gasteiger partial charge in [0.25, 0.3) is 0 Å². The molecule has 0 aliphatic carbocycles. The van der Waals surface area contributed by atoms with E-state index in [1.807, 2.05) is 19.9 Å². The number of hydrogen-bond donors (Lipinski definition) is 2. The monoisotopic (exact) mass is 288 g/mol. The first-order valence-corrected chi connectivity index (χ1v) is 6.46. The maximum absolute atomic E-state index is 11.8. The quantitative estimate of drug-likeness (QED) is 0.871. The number of carboxylic acid groups (broad SMARTS) is 1. The maximum atomic E-state index is 11.8. The molecular weight excluding hydrogens is 272 g/mol. The van der Waals surface area contributed by atoms with Crippen LogP contribution in [0.25, 0.3) is 0 Å². The fraction of sp³-hybridized carbons (Fsp3) is 0.286. The van der Waals surface area contributed by atoms with E-state index in [9.17, 15) is 9.59 Å². The predicted molar refractivity (Wildman–Crippen MR) is 76.1 cm³/mol. The van der Waals surface area contributed by atoms with E-state index < -0.39 is 5.97 Å². The Morgan fingerprint density at radius 3 is 2.62 bits per heavy atom. The van der Waals surface area contributed by atoms with Gasteiger partial charge in [-0.15, -0.1) is 0 Å². The Labute approximate surface area is 121 Å². The molecule has 0 spiro atoms. The molecule has 2 aromatic rings. The fourth-order valence-electron chi connectivity index (χ4n) is 1.93. The molecule has 0 fully saturated rings. The SMILES string of the molecule is Cc1cc(C)n(CCC(=O)Nc2ccc(C(=O)O)nc2)n1. The summed E-state index contributed by atoms with van der Waals surface area (Å²) >= 11 is 0. The van der Waals surface area contributed by atoms with E-state index in [4.69, 9.17) is 5.11 Å². The summed E-state index contributed by atoms with van der Waals surface area (Å²) in [5.41, 5.74) is 2.34. The number of rotatable bonds is 5. The van der Waals surface area contributed by atoms with E-state index in [2.05, 4.69) is 15.4 Å². The van der Waals surface area contributed by atoms with Crippen LogP contribution in [-0.4, -0.2) is 31.7 Å². The van der Waals surface area contributed by atoms with Gasteiger partial charge >= 0.3 is 5.97 Å². The summed E-state index contributed by atoms with van der Waals surface area (Å²) in [4.78, 5) is 26.2. The third-order valence-corrected chi connectivity index (χ3v) is 2.92. The molecule has 0 radical (unpaired) electrons. The van der Waals surface area contributed by atoms with Crippen molar-refractivity contribution in [3.8, 4) is 0 Å². The van der Waals surface area contributed by atoms with E-state index in [0.29, 0.717) is 12.2 Å². The molecule has 7 heteroatoms. The summed E-state index contributed by atoms with van der Waals surface area (Å²) in [7, 11) is 0. The number of carboxylic acids is 1. The number of aryl methyl sites for hydroxylation is 3. The lowest BCUT2D eigenvalue weighted by Crippen LogP contribution is -2.16. The summed E-state index contributed by atoms with van der Waals surface area (Å²) in [6, 6.07) is 4.81. The van der Waals surface area contributed by atoms with Crippen molar-refractivity contribution in [2.45, 2.75) is 26.8 Å². The number of anilines is 1. The number of aromatic carboxylic acids is 1. The first kappa shape index (κ1) is 14.7. The molecule has 110 valence electrons. The summed E-state index contributed by atoms with van der Waals surface area (Å²) in [5, 5.41) is 15.7. The largest absolute Gasteiger partial charge is 0.477 e. The van der Waals surface area contributed by atoms with Gasteiger partial charge in [0.15, 0.2) is 0 Å². The van der Waals surface area contributed by atoms with Crippen molar-refractivity contribution in [2.24, 2.45) is 0 Å². The molecule has 2 rings (SSSR count). The minimum atomic E-state index is -1.10. The molecule has 0 saturated heterocycles. The highest BCUT2D eigenvalue weighted by molar-refractivity contribution is 5.91. The normalized spacial score (nSPS) is 10.4. The minimum Gasteiger partial charge on any atom is -0.477 e. The van der Waals surface area contributed by atoms with Gasteiger partial charge in [0.2, 0.25) is 5.91 Å². The van der Waals surface area contributed by atoms with Crippen molar-refractivity contribution >= 4 is 17.6 Å². The fourth-order valence-corrected chi connectivity index (χ4v) is 1.93. The molecule has 0 unspecified atom stereocenters. The van der Waals surface area contributed by atoms with Crippen molar-refractivity contribution in [1.29, 1.82) is 0 Å². The molecule has 0 atom stereocenters. The Morgan fingerprint density at radius 2 is 2.10 bits per heavy atom. The highest BCUT2D eigenvalue weighted by atomic mass is 16.4. The molecule has 0 aromatic carbocycles. The minimum absolute atomic E-state index is 0.0596. The lowest BCUT2D eigenvalue weighted by molar-refractivity contribution is -0.116. The zero-order chi connectivity index (χ0) is 15.4. The topological polar surface area (TPSA) is 97.1 Å². The van der Waals surface area contributed by atoms with Gasteiger partial charge in [-0.2, -0.15) is 5.10 Å². The van der Waals surface area contributed by atoms with Crippen molar-refractivity contribution in [3.05, 3.63) is 41.5 Å². The molecule has 21 heavy (non-hydrogen) atoms. The van der Waals surface area contributed by atoms with Gasteiger partial charge in [-0.3, -0.25) is 9.48 Å². The molecular formula is C14H16N4O3. The predicted octanol–water partition coefficient (Wildman–Crippen LogP) is 1.62.